The molecule has 26 heavy (non-hydrogen) atoms. The van der Waals surface area contributed by atoms with E-state index in [-0.39, 0.29) is 0 Å². The molecule has 2 aromatic carbocycles. The van der Waals surface area contributed by atoms with Crippen molar-refractivity contribution < 1.29 is 9.47 Å². The van der Waals surface area contributed by atoms with Gasteiger partial charge in [-0.15, -0.1) is 0 Å². The van der Waals surface area contributed by atoms with Gasteiger partial charge in [0.05, 0.1) is 23.7 Å². The number of rotatable bonds is 8. The smallest absolute Gasteiger partial charge is 0.142 e. The summed E-state index contributed by atoms with van der Waals surface area (Å²) in [6.45, 7) is 5.45. The van der Waals surface area contributed by atoms with Gasteiger partial charge in [-0.3, -0.25) is 5.10 Å². The molecule has 0 fully saturated rings. The second-order valence-electron chi connectivity index (χ2n) is 6.63. The molecule has 0 saturated heterocycles. The second kappa shape index (κ2) is 8.43. The zero-order chi connectivity index (χ0) is 18.4. The first-order valence-corrected chi connectivity index (χ1v) is 8.87. The van der Waals surface area contributed by atoms with Crippen LogP contribution in [0.25, 0.3) is 11.3 Å². The van der Waals surface area contributed by atoms with E-state index >= 15 is 0 Å². The van der Waals surface area contributed by atoms with Gasteiger partial charge in [-0.2, -0.15) is 5.10 Å². The molecule has 136 valence electrons. The van der Waals surface area contributed by atoms with Gasteiger partial charge in [0.2, 0.25) is 0 Å². The van der Waals surface area contributed by atoms with Crippen LogP contribution >= 0.6 is 0 Å². The highest BCUT2D eigenvalue weighted by atomic mass is 16.5. The number of nitrogens with zero attached hydrogens (tertiary/aromatic N) is 1. The highest BCUT2D eigenvalue weighted by Gasteiger charge is 2.11. The highest BCUT2D eigenvalue weighted by molar-refractivity contribution is 5.67. The van der Waals surface area contributed by atoms with Crippen LogP contribution in [0, 0.1) is 5.92 Å². The first-order chi connectivity index (χ1) is 12.6. The van der Waals surface area contributed by atoms with Crippen molar-refractivity contribution in [2.75, 3.05) is 12.3 Å². The SMILES string of the molecule is CC(C)CCOc1ccccc1-c1cc(COc2ccccc2N)[nH]n1. The van der Waals surface area contributed by atoms with Crippen molar-refractivity contribution in [1.82, 2.24) is 10.2 Å². The monoisotopic (exact) mass is 351 g/mol. The number of nitrogens with one attached hydrogen (secondary N) is 1. The Balaban J connectivity index is 1.68. The number of aromatic nitrogens is 2. The molecule has 1 heterocycles. The largest absolute Gasteiger partial charge is 0.493 e. The summed E-state index contributed by atoms with van der Waals surface area (Å²) in [5.74, 6) is 2.13. The van der Waals surface area contributed by atoms with Crippen LogP contribution in [-0.2, 0) is 6.61 Å². The van der Waals surface area contributed by atoms with Crippen molar-refractivity contribution in [2.24, 2.45) is 5.92 Å². The molecule has 0 aliphatic heterocycles. The van der Waals surface area contributed by atoms with Crippen LogP contribution < -0.4 is 15.2 Å². The maximum Gasteiger partial charge on any atom is 0.142 e. The summed E-state index contributed by atoms with van der Waals surface area (Å²) in [4.78, 5) is 0. The van der Waals surface area contributed by atoms with Crippen LogP contribution in [-0.4, -0.2) is 16.8 Å². The van der Waals surface area contributed by atoms with Gasteiger partial charge < -0.3 is 15.2 Å². The fourth-order valence-electron chi connectivity index (χ4n) is 2.55. The number of nitrogen functional groups attached to an aromatic ring is 1. The first kappa shape index (κ1) is 17.9. The Morgan fingerprint density at radius 1 is 1.00 bits per heavy atom. The van der Waals surface area contributed by atoms with Gasteiger partial charge in [0.1, 0.15) is 18.1 Å². The quantitative estimate of drug-likeness (QED) is 0.579. The minimum absolute atomic E-state index is 0.373. The molecule has 0 amide bonds. The van der Waals surface area contributed by atoms with E-state index in [9.17, 15) is 0 Å². The summed E-state index contributed by atoms with van der Waals surface area (Å²) in [5, 5.41) is 7.43. The van der Waals surface area contributed by atoms with E-state index in [4.69, 9.17) is 15.2 Å². The van der Waals surface area contributed by atoms with E-state index in [1.54, 1.807) is 0 Å². The normalized spacial score (nSPS) is 10.9. The molecular weight excluding hydrogens is 326 g/mol. The second-order valence-corrected chi connectivity index (χ2v) is 6.63. The Labute approximate surface area is 154 Å². The van der Waals surface area contributed by atoms with E-state index < -0.39 is 0 Å². The first-order valence-electron chi connectivity index (χ1n) is 8.87. The van der Waals surface area contributed by atoms with Gasteiger partial charge in [-0.25, -0.2) is 0 Å². The Morgan fingerprint density at radius 3 is 2.50 bits per heavy atom. The summed E-state index contributed by atoms with van der Waals surface area (Å²) in [5.41, 5.74) is 9.21. The minimum atomic E-state index is 0.373. The third kappa shape index (κ3) is 4.57. The van der Waals surface area contributed by atoms with Crippen molar-refractivity contribution in [3.8, 4) is 22.8 Å². The zero-order valence-corrected chi connectivity index (χ0v) is 15.2. The Bertz CT molecular complexity index is 843. The third-order valence-electron chi connectivity index (χ3n) is 4.05. The predicted octanol–water partition coefficient (Wildman–Crippen LogP) is 4.66. The number of ether oxygens (including phenoxy) is 2. The molecule has 0 saturated carbocycles. The van der Waals surface area contributed by atoms with E-state index in [0.717, 1.165) is 29.1 Å². The van der Waals surface area contributed by atoms with Crippen molar-refractivity contribution in [3.63, 3.8) is 0 Å². The predicted molar refractivity (Wildman–Crippen MR) is 104 cm³/mol. The maximum absolute atomic E-state index is 5.95. The Hall–Kier alpha value is -2.95. The maximum atomic E-state index is 5.95. The van der Waals surface area contributed by atoms with Gasteiger partial charge >= 0.3 is 0 Å². The topological polar surface area (TPSA) is 73.2 Å². The number of nitrogens with two attached hydrogens (primary N) is 1. The van der Waals surface area contributed by atoms with Crippen LogP contribution in [0.1, 0.15) is 26.0 Å². The molecule has 0 aliphatic carbocycles. The number of benzene rings is 2. The van der Waals surface area contributed by atoms with Crippen LogP contribution in [0.3, 0.4) is 0 Å². The molecule has 0 spiro atoms. The number of hydrogen-bond acceptors (Lipinski definition) is 4. The molecule has 0 radical (unpaired) electrons. The molecule has 3 N–H and O–H groups in total. The molecule has 1 aromatic heterocycles. The molecule has 5 nitrogen and oxygen atoms in total. The van der Waals surface area contributed by atoms with Crippen molar-refractivity contribution >= 4 is 5.69 Å². The fourth-order valence-corrected chi connectivity index (χ4v) is 2.55. The van der Waals surface area contributed by atoms with Crippen molar-refractivity contribution in [3.05, 3.63) is 60.3 Å². The number of aromatic amines is 1. The van der Waals surface area contributed by atoms with Gasteiger partial charge in [-0.1, -0.05) is 38.1 Å². The number of hydrogen-bond donors (Lipinski definition) is 2. The van der Waals surface area contributed by atoms with Crippen LogP contribution in [0.4, 0.5) is 5.69 Å². The average molecular weight is 351 g/mol. The molecule has 0 atom stereocenters. The van der Waals surface area contributed by atoms with E-state index in [1.165, 1.54) is 0 Å². The van der Waals surface area contributed by atoms with E-state index in [0.29, 0.717) is 30.6 Å². The van der Waals surface area contributed by atoms with Crippen LogP contribution in [0.2, 0.25) is 0 Å². The Kier molecular flexibility index (Phi) is 5.79. The summed E-state index contributed by atoms with van der Waals surface area (Å²) in [7, 11) is 0. The molecule has 5 heteroatoms. The van der Waals surface area contributed by atoms with Gasteiger partial charge in [0, 0.05) is 5.56 Å². The summed E-state index contributed by atoms with van der Waals surface area (Å²) < 4.78 is 11.7. The van der Waals surface area contributed by atoms with Gasteiger partial charge in [0.15, 0.2) is 0 Å². The molecule has 0 bridgehead atoms. The summed E-state index contributed by atoms with van der Waals surface area (Å²) in [6, 6.07) is 17.4. The van der Waals surface area contributed by atoms with Gasteiger partial charge in [-0.05, 0) is 42.7 Å². The lowest BCUT2D eigenvalue weighted by molar-refractivity contribution is 0.290. The molecule has 3 aromatic rings. The van der Waals surface area contributed by atoms with Gasteiger partial charge in [0.25, 0.3) is 0 Å². The number of H-pyrrole nitrogens is 1. The van der Waals surface area contributed by atoms with Crippen molar-refractivity contribution in [1.29, 1.82) is 0 Å². The lowest BCUT2D eigenvalue weighted by Crippen LogP contribution is -2.02. The zero-order valence-electron chi connectivity index (χ0n) is 15.2. The molecule has 3 rings (SSSR count). The molecular formula is C21H25N3O2. The van der Waals surface area contributed by atoms with Crippen LogP contribution in [0.5, 0.6) is 11.5 Å². The average Bonchev–Trinajstić information content (AvgIpc) is 3.10. The highest BCUT2D eigenvalue weighted by Crippen LogP contribution is 2.29. The van der Waals surface area contributed by atoms with E-state index in [2.05, 4.69) is 24.0 Å². The third-order valence-corrected chi connectivity index (χ3v) is 4.05. The lowest BCUT2D eigenvalue weighted by Gasteiger charge is -2.11. The Morgan fingerprint density at radius 2 is 1.73 bits per heavy atom. The minimum Gasteiger partial charge on any atom is -0.493 e. The molecule has 0 aliphatic rings. The van der Waals surface area contributed by atoms with Crippen molar-refractivity contribution in [2.45, 2.75) is 26.9 Å². The molecule has 0 unspecified atom stereocenters. The fraction of sp³-hybridized carbons (Fsp3) is 0.286. The standard InChI is InChI=1S/C21H25N3O2/c1-15(2)11-12-25-20-9-5-3-7-17(20)19-13-16(23-24-19)14-26-21-10-6-4-8-18(21)22/h3-10,13,15H,11-12,14,22H2,1-2H3,(H,23,24). The lowest BCUT2D eigenvalue weighted by atomic mass is 10.1. The number of anilines is 1. The summed E-state index contributed by atoms with van der Waals surface area (Å²) in [6.07, 6.45) is 1.02. The van der Waals surface area contributed by atoms with Crippen LogP contribution in [0.15, 0.2) is 54.6 Å². The van der Waals surface area contributed by atoms with E-state index in [1.807, 2.05) is 54.6 Å². The number of para-hydroxylation sites is 3. The summed E-state index contributed by atoms with van der Waals surface area (Å²) >= 11 is 0.